The Balaban J connectivity index is -0.000000960. The van der Waals surface area contributed by atoms with Crippen molar-refractivity contribution < 1.29 is 18.7 Å². The van der Waals surface area contributed by atoms with E-state index in [1.165, 1.54) is 0 Å². The molecular formula is C19H41N3O3. The lowest BCUT2D eigenvalue weighted by Crippen LogP contribution is -2.27. The van der Waals surface area contributed by atoms with Crippen LogP contribution < -0.4 is 16.0 Å². The van der Waals surface area contributed by atoms with Gasteiger partial charge in [0.1, 0.15) is 5.78 Å². The highest BCUT2D eigenvalue weighted by atomic mass is 16.2. The fourth-order valence-electron chi connectivity index (χ4n) is 2.35. The molecule has 0 aliphatic heterocycles. The lowest BCUT2D eigenvalue weighted by atomic mass is 10.1. The van der Waals surface area contributed by atoms with Crippen molar-refractivity contribution in [3.05, 3.63) is 12.8 Å². The van der Waals surface area contributed by atoms with E-state index in [1.54, 1.807) is 13.1 Å². The summed E-state index contributed by atoms with van der Waals surface area (Å²) in [7, 11) is 0. The Bertz CT molecular complexity index is 411. The topological polar surface area (TPSA) is 87.3 Å². The van der Waals surface area contributed by atoms with Crippen LogP contribution in [0.3, 0.4) is 0 Å². The van der Waals surface area contributed by atoms with Gasteiger partial charge in [-0.15, -0.1) is 0 Å². The molecule has 3 N–H and O–H groups in total. The molecule has 0 saturated carbocycles. The van der Waals surface area contributed by atoms with Gasteiger partial charge in [-0.25, -0.2) is 0 Å². The van der Waals surface area contributed by atoms with Gasteiger partial charge in [0.2, 0.25) is 11.8 Å². The van der Waals surface area contributed by atoms with Crippen molar-refractivity contribution in [2.24, 2.45) is 0 Å². The van der Waals surface area contributed by atoms with E-state index < -0.39 is 0 Å². The van der Waals surface area contributed by atoms with Crippen LogP contribution in [0.15, 0.2) is 12.8 Å². The van der Waals surface area contributed by atoms with E-state index in [1.807, 2.05) is 0 Å². The minimum absolute atomic E-state index is 0. The van der Waals surface area contributed by atoms with Crippen molar-refractivity contribution in [1.29, 1.82) is 0 Å². The number of carbonyl (C=O) groups excluding carboxylic acids is 3. The SMILES string of the molecule is C=CNCCCCCC(=O)NCCCC(=O)NCCCCCC(C)=O.[HH].[HH].[HH]. The Morgan fingerprint density at radius 2 is 1.28 bits per heavy atom. The molecule has 0 fully saturated rings. The van der Waals surface area contributed by atoms with E-state index in [2.05, 4.69) is 22.5 Å². The van der Waals surface area contributed by atoms with Crippen LogP contribution >= 0.6 is 0 Å². The Hall–Kier alpha value is -1.85. The molecule has 0 rings (SSSR count). The maximum absolute atomic E-state index is 11.6. The van der Waals surface area contributed by atoms with Gasteiger partial charge < -0.3 is 20.7 Å². The molecule has 0 aromatic rings. The van der Waals surface area contributed by atoms with Crippen LogP contribution in [-0.2, 0) is 14.4 Å². The Morgan fingerprint density at radius 3 is 1.88 bits per heavy atom. The molecule has 0 spiro atoms. The molecular weight excluding hydrogens is 318 g/mol. The number of nitrogens with one attached hydrogen (secondary N) is 3. The molecule has 6 heteroatoms. The van der Waals surface area contributed by atoms with Crippen molar-refractivity contribution in [1.82, 2.24) is 16.0 Å². The van der Waals surface area contributed by atoms with Gasteiger partial charge in [-0.2, -0.15) is 0 Å². The predicted octanol–water partition coefficient (Wildman–Crippen LogP) is 3.18. The Kier molecular flexibility index (Phi) is 15.7. The van der Waals surface area contributed by atoms with E-state index in [0.29, 0.717) is 38.8 Å². The lowest BCUT2D eigenvalue weighted by Gasteiger charge is -2.07. The maximum Gasteiger partial charge on any atom is 0.220 e. The molecule has 0 atom stereocenters. The van der Waals surface area contributed by atoms with Crippen LogP contribution in [0.25, 0.3) is 0 Å². The highest BCUT2D eigenvalue weighted by Crippen LogP contribution is 2.00. The zero-order chi connectivity index (χ0) is 18.8. The van der Waals surface area contributed by atoms with E-state index in [4.69, 9.17) is 0 Å². The fourth-order valence-corrected chi connectivity index (χ4v) is 2.35. The number of ketones is 1. The third-order valence-electron chi connectivity index (χ3n) is 3.80. The highest BCUT2D eigenvalue weighted by Gasteiger charge is 2.03. The number of rotatable bonds is 17. The van der Waals surface area contributed by atoms with Crippen molar-refractivity contribution in [2.45, 2.75) is 71.1 Å². The largest absolute Gasteiger partial charge is 0.391 e. The van der Waals surface area contributed by atoms with Crippen LogP contribution in [-0.4, -0.2) is 37.2 Å². The lowest BCUT2D eigenvalue weighted by molar-refractivity contribution is -0.123. The monoisotopic (exact) mass is 359 g/mol. The summed E-state index contributed by atoms with van der Waals surface area (Å²) in [5.41, 5.74) is 0. The summed E-state index contributed by atoms with van der Waals surface area (Å²) >= 11 is 0. The van der Waals surface area contributed by atoms with E-state index in [9.17, 15) is 14.4 Å². The van der Waals surface area contributed by atoms with Crippen LogP contribution in [0.2, 0.25) is 0 Å². The first-order valence-electron chi connectivity index (χ1n) is 9.43. The molecule has 150 valence electrons. The summed E-state index contributed by atoms with van der Waals surface area (Å²) in [6.45, 7) is 7.28. The average Bonchev–Trinajstić information content (AvgIpc) is 2.57. The molecule has 0 radical (unpaired) electrons. The summed E-state index contributed by atoms with van der Waals surface area (Å²) < 4.78 is 0. The van der Waals surface area contributed by atoms with Crippen molar-refractivity contribution in [3.8, 4) is 0 Å². The van der Waals surface area contributed by atoms with Gasteiger partial charge in [0, 0.05) is 43.2 Å². The van der Waals surface area contributed by atoms with Crippen LogP contribution in [0, 0.1) is 0 Å². The fraction of sp³-hybridized carbons (Fsp3) is 0.737. The molecule has 0 unspecified atom stereocenters. The standard InChI is InChI=1S/C19H35N3O3.3H2/c1-3-20-14-8-5-7-12-18(24)22-16-10-13-19(25)21-15-9-4-6-11-17(2)23;;;/h3,20H,1,4-16H2,2H3,(H,21,25)(H,22,24);3*1H. The minimum Gasteiger partial charge on any atom is -0.391 e. The molecule has 2 amide bonds. The first-order chi connectivity index (χ1) is 12.1. The van der Waals surface area contributed by atoms with Gasteiger partial charge in [-0.05, 0) is 45.2 Å². The first kappa shape index (κ1) is 23.1. The Labute approximate surface area is 156 Å². The third kappa shape index (κ3) is 18.3. The summed E-state index contributed by atoms with van der Waals surface area (Å²) in [5.74, 6) is 0.300. The number of carbonyl (C=O) groups is 3. The van der Waals surface area contributed by atoms with Crippen molar-refractivity contribution >= 4 is 17.6 Å². The average molecular weight is 360 g/mol. The van der Waals surface area contributed by atoms with Crippen molar-refractivity contribution in [2.75, 3.05) is 19.6 Å². The molecule has 0 aliphatic rings. The quantitative estimate of drug-likeness (QED) is 0.348. The maximum atomic E-state index is 11.6. The van der Waals surface area contributed by atoms with Crippen LogP contribution in [0.1, 0.15) is 75.4 Å². The van der Waals surface area contributed by atoms with E-state index in [0.717, 1.165) is 45.1 Å². The normalized spacial score (nSPS) is 10.1. The van der Waals surface area contributed by atoms with Crippen LogP contribution in [0.5, 0.6) is 0 Å². The van der Waals surface area contributed by atoms with E-state index >= 15 is 0 Å². The summed E-state index contributed by atoms with van der Waals surface area (Å²) in [6.07, 6.45) is 9.62. The zero-order valence-electron chi connectivity index (χ0n) is 15.7. The molecule has 0 saturated heterocycles. The Morgan fingerprint density at radius 1 is 0.760 bits per heavy atom. The number of amides is 2. The van der Waals surface area contributed by atoms with Crippen LogP contribution in [0.4, 0.5) is 0 Å². The molecule has 6 nitrogen and oxygen atoms in total. The number of hydrogen-bond donors (Lipinski definition) is 3. The molecule has 0 aromatic heterocycles. The second-order valence-corrected chi connectivity index (χ2v) is 6.29. The van der Waals surface area contributed by atoms with Gasteiger partial charge >= 0.3 is 0 Å². The second kappa shape index (κ2) is 17.0. The van der Waals surface area contributed by atoms with Gasteiger partial charge in [0.15, 0.2) is 0 Å². The highest BCUT2D eigenvalue weighted by molar-refractivity contribution is 5.77. The van der Waals surface area contributed by atoms with Gasteiger partial charge in [-0.1, -0.05) is 19.4 Å². The third-order valence-corrected chi connectivity index (χ3v) is 3.80. The second-order valence-electron chi connectivity index (χ2n) is 6.29. The molecule has 0 aliphatic carbocycles. The number of Topliss-reactive ketones (excluding diaryl/α,β-unsaturated/α-hetero) is 1. The summed E-state index contributed by atoms with van der Waals surface area (Å²) in [4.78, 5) is 34.0. The first-order valence-corrected chi connectivity index (χ1v) is 9.43. The predicted molar refractivity (Wildman–Crippen MR) is 107 cm³/mol. The smallest absolute Gasteiger partial charge is 0.220 e. The van der Waals surface area contributed by atoms with Crippen molar-refractivity contribution in [3.63, 3.8) is 0 Å². The number of unbranched alkanes of at least 4 members (excludes halogenated alkanes) is 4. The molecule has 0 heterocycles. The summed E-state index contributed by atoms with van der Waals surface area (Å²) in [5, 5.41) is 8.75. The van der Waals surface area contributed by atoms with Gasteiger partial charge in [0.05, 0.1) is 0 Å². The van der Waals surface area contributed by atoms with Gasteiger partial charge in [-0.3, -0.25) is 9.59 Å². The summed E-state index contributed by atoms with van der Waals surface area (Å²) in [6, 6.07) is 0. The number of hydrogen-bond acceptors (Lipinski definition) is 4. The minimum atomic E-state index is 0. The van der Waals surface area contributed by atoms with E-state index in [-0.39, 0.29) is 21.9 Å². The van der Waals surface area contributed by atoms with Gasteiger partial charge in [0.25, 0.3) is 0 Å². The zero-order valence-corrected chi connectivity index (χ0v) is 15.7. The molecule has 0 bridgehead atoms. The molecule has 25 heavy (non-hydrogen) atoms. The molecule has 0 aromatic carbocycles.